The van der Waals surface area contributed by atoms with Gasteiger partial charge in [0.2, 0.25) is 5.91 Å². The molecule has 0 saturated carbocycles. The molecule has 0 spiro atoms. The van der Waals surface area contributed by atoms with Crippen molar-refractivity contribution < 1.29 is 18.7 Å². The van der Waals surface area contributed by atoms with Gasteiger partial charge in [-0.2, -0.15) is 0 Å². The number of hydrogen-bond acceptors (Lipinski definition) is 3. The summed E-state index contributed by atoms with van der Waals surface area (Å²) in [6.45, 7) is 7.39. The van der Waals surface area contributed by atoms with Gasteiger partial charge in [-0.3, -0.25) is 4.79 Å². The van der Waals surface area contributed by atoms with E-state index in [9.17, 15) is 14.0 Å². The van der Waals surface area contributed by atoms with Crippen LogP contribution in [-0.4, -0.2) is 37.2 Å². The van der Waals surface area contributed by atoms with Crippen molar-refractivity contribution in [3.8, 4) is 5.75 Å². The van der Waals surface area contributed by atoms with Crippen molar-refractivity contribution in [1.82, 2.24) is 16.0 Å². The van der Waals surface area contributed by atoms with E-state index in [1.54, 1.807) is 19.9 Å². The summed E-state index contributed by atoms with van der Waals surface area (Å²) < 4.78 is 18.3. The van der Waals surface area contributed by atoms with Crippen LogP contribution in [0.5, 0.6) is 5.75 Å². The fourth-order valence-electron chi connectivity index (χ4n) is 1.66. The molecule has 23 heavy (non-hydrogen) atoms. The van der Waals surface area contributed by atoms with Crippen LogP contribution >= 0.6 is 0 Å². The number of ether oxygens (including phenoxy) is 1. The Hall–Kier alpha value is -2.57. The van der Waals surface area contributed by atoms with Gasteiger partial charge in [-0.25, -0.2) is 9.18 Å². The topological polar surface area (TPSA) is 79.5 Å². The summed E-state index contributed by atoms with van der Waals surface area (Å²) in [4.78, 5) is 23.6. The van der Waals surface area contributed by atoms with Gasteiger partial charge in [0.25, 0.3) is 0 Å². The second-order valence-electron chi connectivity index (χ2n) is 5.31. The Morgan fingerprint density at radius 3 is 2.74 bits per heavy atom. The quantitative estimate of drug-likeness (QED) is 0.502. The number of nitrogens with one attached hydrogen (secondary N) is 3. The van der Waals surface area contributed by atoms with E-state index in [0.29, 0.717) is 12.3 Å². The molecule has 3 N–H and O–H groups in total. The van der Waals surface area contributed by atoms with Crippen molar-refractivity contribution in [2.24, 2.45) is 0 Å². The molecule has 0 aliphatic carbocycles. The van der Waals surface area contributed by atoms with Crippen LogP contribution in [0.3, 0.4) is 0 Å². The lowest BCUT2D eigenvalue weighted by atomic mass is 10.1. The van der Waals surface area contributed by atoms with Crippen molar-refractivity contribution in [2.45, 2.75) is 19.4 Å². The molecule has 0 aromatic heterocycles. The number of carbonyl (C=O) groups excluding carboxylic acids is 2. The lowest BCUT2D eigenvalue weighted by Crippen LogP contribution is -2.57. The lowest BCUT2D eigenvalue weighted by Gasteiger charge is -2.25. The molecule has 1 aromatic rings. The maximum absolute atomic E-state index is 13.0. The average molecular weight is 323 g/mol. The van der Waals surface area contributed by atoms with Gasteiger partial charge < -0.3 is 20.7 Å². The zero-order valence-electron chi connectivity index (χ0n) is 13.3. The molecule has 1 aromatic carbocycles. The van der Waals surface area contributed by atoms with Crippen LogP contribution in [0.4, 0.5) is 9.18 Å². The van der Waals surface area contributed by atoms with E-state index in [4.69, 9.17) is 4.74 Å². The average Bonchev–Trinajstić information content (AvgIpc) is 2.49. The summed E-state index contributed by atoms with van der Waals surface area (Å²) in [5.41, 5.74) is -1.08. The molecule has 126 valence electrons. The van der Waals surface area contributed by atoms with Gasteiger partial charge in [0.15, 0.2) is 0 Å². The zero-order chi connectivity index (χ0) is 17.3. The Morgan fingerprint density at radius 2 is 2.09 bits per heavy atom. The molecule has 6 nitrogen and oxygen atoms in total. The highest BCUT2D eigenvalue weighted by molar-refractivity contribution is 5.90. The molecule has 7 heteroatoms. The standard InChI is InChI=1S/C16H22FN3O3/c1-4-8-19-15(22)20-16(2,3)14(21)18-9-10-23-13-7-5-6-12(17)11-13/h4-7,11H,1,8-10H2,2-3H3,(H,18,21)(H2,19,20,22). The normalized spacial score (nSPS) is 10.6. The third-order valence-electron chi connectivity index (χ3n) is 2.85. The molecule has 0 aliphatic heterocycles. The van der Waals surface area contributed by atoms with Crippen molar-refractivity contribution in [2.75, 3.05) is 19.7 Å². The van der Waals surface area contributed by atoms with Crippen LogP contribution < -0.4 is 20.7 Å². The van der Waals surface area contributed by atoms with Crippen LogP contribution in [0.15, 0.2) is 36.9 Å². The minimum absolute atomic E-state index is 0.188. The minimum atomic E-state index is -1.08. The number of carbonyl (C=O) groups is 2. The number of amides is 3. The summed E-state index contributed by atoms with van der Waals surface area (Å²) in [5, 5.41) is 7.73. The third kappa shape index (κ3) is 6.82. The molecule has 0 bridgehead atoms. The van der Waals surface area contributed by atoms with Gasteiger partial charge >= 0.3 is 6.03 Å². The second-order valence-corrected chi connectivity index (χ2v) is 5.31. The predicted molar refractivity (Wildman–Crippen MR) is 85.7 cm³/mol. The van der Waals surface area contributed by atoms with Crippen LogP contribution in [0, 0.1) is 5.82 Å². The van der Waals surface area contributed by atoms with E-state index in [0.717, 1.165) is 0 Å². The number of urea groups is 1. The van der Waals surface area contributed by atoms with E-state index in [1.807, 2.05) is 0 Å². The van der Waals surface area contributed by atoms with E-state index in [1.165, 1.54) is 24.3 Å². The van der Waals surface area contributed by atoms with Gasteiger partial charge in [0.1, 0.15) is 23.7 Å². The van der Waals surface area contributed by atoms with E-state index in [-0.39, 0.29) is 24.9 Å². The summed E-state index contributed by atoms with van der Waals surface area (Å²) in [5.74, 6) is -0.350. The number of hydrogen-bond donors (Lipinski definition) is 3. The highest BCUT2D eigenvalue weighted by Gasteiger charge is 2.28. The Balaban J connectivity index is 2.34. The van der Waals surface area contributed by atoms with E-state index < -0.39 is 11.6 Å². The van der Waals surface area contributed by atoms with Crippen molar-refractivity contribution in [3.63, 3.8) is 0 Å². The number of benzene rings is 1. The molecule has 3 amide bonds. The first-order valence-electron chi connectivity index (χ1n) is 7.19. The van der Waals surface area contributed by atoms with E-state index >= 15 is 0 Å². The number of halogens is 1. The first-order chi connectivity index (χ1) is 10.8. The second kappa shape index (κ2) is 8.77. The Labute approximate surface area is 135 Å². The highest BCUT2D eigenvalue weighted by atomic mass is 19.1. The molecule has 1 rings (SSSR count). The van der Waals surface area contributed by atoms with Crippen molar-refractivity contribution in [3.05, 3.63) is 42.7 Å². The molecular weight excluding hydrogens is 301 g/mol. The summed E-state index contributed by atoms with van der Waals surface area (Å²) in [6.07, 6.45) is 1.54. The summed E-state index contributed by atoms with van der Waals surface area (Å²) in [6, 6.07) is 5.29. The van der Waals surface area contributed by atoms with Crippen molar-refractivity contribution in [1.29, 1.82) is 0 Å². The fraction of sp³-hybridized carbons (Fsp3) is 0.375. The number of rotatable bonds is 8. The van der Waals surface area contributed by atoms with Gasteiger partial charge in [0.05, 0.1) is 6.54 Å². The molecule has 0 radical (unpaired) electrons. The smallest absolute Gasteiger partial charge is 0.315 e. The van der Waals surface area contributed by atoms with Gasteiger partial charge in [-0.05, 0) is 26.0 Å². The molecule has 0 unspecified atom stereocenters. The molecular formula is C16H22FN3O3. The van der Waals surface area contributed by atoms with Crippen LogP contribution in [0.1, 0.15) is 13.8 Å². The van der Waals surface area contributed by atoms with Gasteiger partial charge in [0, 0.05) is 12.6 Å². The monoisotopic (exact) mass is 323 g/mol. The molecule has 0 atom stereocenters. The predicted octanol–water partition coefficient (Wildman–Crippen LogP) is 1.58. The maximum Gasteiger partial charge on any atom is 0.315 e. The highest BCUT2D eigenvalue weighted by Crippen LogP contribution is 2.11. The van der Waals surface area contributed by atoms with Crippen LogP contribution in [0.25, 0.3) is 0 Å². The van der Waals surface area contributed by atoms with Crippen LogP contribution in [-0.2, 0) is 4.79 Å². The molecule has 0 heterocycles. The first kappa shape index (κ1) is 18.5. The first-order valence-corrected chi connectivity index (χ1v) is 7.19. The fourth-order valence-corrected chi connectivity index (χ4v) is 1.66. The Morgan fingerprint density at radius 1 is 1.35 bits per heavy atom. The Bertz CT molecular complexity index is 561. The van der Waals surface area contributed by atoms with Crippen LogP contribution in [0.2, 0.25) is 0 Å². The van der Waals surface area contributed by atoms with E-state index in [2.05, 4.69) is 22.5 Å². The zero-order valence-corrected chi connectivity index (χ0v) is 13.3. The molecule has 0 fully saturated rings. The molecule has 0 aliphatic rings. The van der Waals surface area contributed by atoms with Gasteiger partial charge in [-0.1, -0.05) is 12.1 Å². The lowest BCUT2D eigenvalue weighted by molar-refractivity contribution is -0.126. The maximum atomic E-state index is 13.0. The van der Waals surface area contributed by atoms with Crippen molar-refractivity contribution >= 4 is 11.9 Å². The van der Waals surface area contributed by atoms with Gasteiger partial charge in [-0.15, -0.1) is 6.58 Å². The largest absolute Gasteiger partial charge is 0.492 e. The Kier molecular flexibility index (Phi) is 7.05. The SMILES string of the molecule is C=CCNC(=O)NC(C)(C)C(=O)NCCOc1cccc(F)c1. The third-order valence-corrected chi connectivity index (χ3v) is 2.85. The minimum Gasteiger partial charge on any atom is -0.492 e. The summed E-state index contributed by atoms with van der Waals surface area (Å²) >= 11 is 0. The summed E-state index contributed by atoms with van der Waals surface area (Å²) in [7, 11) is 0. The molecule has 0 saturated heterocycles.